The normalized spacial score (nSPS) is 18.6. The highest BCUT2D eigenvalue weighted by molar-refractivity contribution is 5.89. The van der Waals surface area contributed by atoms with Gasteiger partial charge >= 0.3 is 0 Å². The summed E-state index contributed by atoms with van der Waals surface area (Å²) in [7, 11) is 0. The van der Waals surface area contributed by atoms with Gasteiger partial charge in [-0.05, 0) is 13.8 Å². The molecule has 7 heteroatoms. The quantitative estimate of drug-likeness (QED) is 0.665. The van der Waals surface area contributed by atoms with Crippen LogP contribution in [0.5, 0.6) is 0 Å². The van der Waals surface area contributed by atoms with Crippen LogP contribution in [-0.4, -0.2) is 52.5 Å². The van der Waals surface area contributed by atoms with E-state index in [2.05, 4.69) is 16.5 Å². The number of carbonyl (C=O) groups is 1. The van der Waals surface area contributed by atoms with Crippen LogP contribution in [0.25, 0.3) is 0 Å². The van der Waals surface area contributed by atoms with Crippen LogP contribution in [0.2, 0.25) is 0 Å². The average Bonchev–Trinajstić information content (AvgIpc) is 2.89. The summed E-state index contributed by atoms with van der Waals surface area (Å²) in [6.45, 7) is 6.17. The van der Waals surface area contributed by atoms with E-state index in [1.165, 1.54) is 0 Å². The molecule has 1 aliphatic rings. The Morgan fingerprint density at radius 1 is 1.62 bits per heavy atom. The minimum atomic E-state index is -0.720. The lowest BCUT2D eigenvalue weighted by Gasteiger charge is -2.34. The maximum atomic E-state index is 11.3. The summed E-state index contributed by atoms with van der Waals surface area (Å²) in [5, 5.41) is 13.7. The second-order valence-corrected chi connectivity index (χ2v) is 6.18. The van der Waals surface area contributed by atoms with Crippen LogP contribution in [0.3, 0.4) is 0 Å². The lowest BCUT2D eigenvalue weighted by Crippen LogP contribution is -2.49. The van der Waals surface area contributed by atoms with Crippen LogP contribution in [0.4, 0.5) is 0 Å². The molecule has 117 valence electrons. The Morgan fingerprint density at radius 2 is 2.29 bits per heavy atom. The number of hydrogen-bond donors (Lipinski definition) is 3. The Morgan fingerprint density at radius 3 is 2.90 bits per heavy atom. The van der Waals surface area contributed by atoms with Gasteiger partial charge in [-0.3, -0.25) is 4.79 Å². The summed E-state index contributed by atoms with van der Waals surface area (Å²) >= 11 is 0. The Balaban J connectivity index is 1.94. The van der Waals surface area contributed by atoms with Crippen molar-refractivity contribution < 1.29 is 14.6 Å². The number of primary amides is 1. The highest BCUT2D eigenvalue weighted by Crippen LogP contribution is 2.20. The van der Waals surface area contributed by atoms with Crippen LogP contribution in [0, 0.1) is 6.20 Å². The van der Waals surface area contributed by atoms with Crippen molar-refractivity contribution >= 4 is 5.91 Å². The molecule has 1 aliphatic heterocycles. The van der Waals surface area contributed by atoms with Crippen LogP contribution in [0.1, 0.15) is 37.3 Å². The van der Waals surface area contributed by atoms with Gasteiger partial charge in [0, 0.05) is 45.3 Å². The van der Waals surface area contributed by atoms with Gasteiger partial charge in [-0.15, -0.1) is 0 Å². The second kappa shape index (κ2) is 6.13. The van der Waals surface area contributed by atoms with E-state index in [1.807, 2.05) is 13.8 Å². The first-order valence-corrected chi connectivity index (χ1v) is 7.11. The zero-order valence-electron chi connectivity index (χ0n) is 12.6. The summed E-state index contributed by atoms with van der Waals surface area (Å²) in [4.78, 5) is 15.2. The summed E-state index contributed by atoms with van der Waals surface area (Å²) < 4.78 is 6.96. The molecule has 1 aromatic rings. The first-order chi connectivity index (χ1) is 9.84. The van der Waals surface area contributed by atoms with Gasteiger partial charge in [-0.1, -0.05) is 0 Å². The fourth-order valence-electron chi connectivity index (χ4n) is 2.51. The number of ether oxygens (including phenoxy) is 1. The van der Waals surface area contributed by atoms with Gasteiger partial charge in [0.25, 0.3) is 5.91 Å². The van der Waals surface area contributed by atoms with Crippen molar-refractivity contribution in [3.8, 4) is 0 Å². The Kier molecular flexibility index (Phi) is 4.65. The van der Waals surface area contributed by atoms with Crippen molar-refractivity contribution in [2.45, 2.75) is 37.8 Å². The molecule has 2 rings (SSSR count). The Hall–Kier alpha value is -1.44. The minimum absolute atomic E-state index is 0.187. The van der Waals surface area contributed by atoms with E-state index in [1.54, 1.807) is 10.8 Å². The lowest BCUT2D eigenvalue weighted by molar-refractivity contribution is -0.0621. The van der Waals surface area contributed by atoms with Crippen LogP contribution in [0.15, 0.2) is 6.20 Å². The number of hydrogen-bond acceptors (Lipinski definition) is 5. The molecule has 2 heterocycles. The molecule has 7 nitrogen and oxygen atoms in total. The predicted octanol–water partition coefficient (Wildman–Crippen LogP) is -0.352. The molecule has 1 radical (unpaired) electrons. The lowest BCUT2D eigenvalue weighted by atomic mass is 9.94. The molecule has 1 amide bonds. The van der Waals surface area contributed by atoms with E-state index >= 15 is 0 Å². The fraction of sp³-hybridized carbons (Fsp3) is 0.714. The fourth-order valence-corrected chi connectivity index (χ4v) is 2.51. The third-order valence-electron chi connectivity index (χ3n) is 3.89. The molecule has 1 aromatic heterocycles. The number of carbonyl (C=O) groups excluding carboxylic acids is 1. The van der Waals surface area contributed by atoms with E-state index in [0.29, 0.717) is 39.1 Å². The Bertz CT molecular complexity index is 492. The second-order valence-electron chi connectivity index (χ2n) is 6.18. The highest BCUT2D eigenvalue weighted by atomic mass is 16.5. The van der Waals surface area contributed by atoms with E-state index in [9.17, 15) is 9.90 Å². The summed E-state index contributed by atoms with van der Waals surface area (Å²) in [6.07, 6.45) is 5.53. The van der Waals surface area contributed by atoms with Gasteiger partial charge < -0.3 is 25.5 Å². The standard InChI is InChI=1S/C14H23N4O3/c1-13(2,18-6-5-17-12(18)11(15)19)9-16-10-14(20)3-7-21-8-4-14/h6,16,20H,3-4,7-10H2,1-2H3,(H2,15,19). The molecule has 1 fully saturated rings. The van der Waals surface area contributed by atoms with Crippen molar-refractivity contribution in [2.24, 2.45) is 5.73 Å². The number of nitrogens with two attached hydrogens (primary N) is 1. The largest absolute Gasteiger partial charge is 0.388 e. The van der Waals surface area contributed by atoms with E-state index in [-0.39, 0.29) is 5.82 Å². The molecule has 0 aromatic carbocycles. The molecular weight excluding hydrogens is 272 g/mol. The number of aliphatic hydroxyl groups is 1. The topological polar surface area (TPSA) is 102 Å². The van der Waals surface area contributed by atoms with Gasteiger partial charge in [-0.2, -0.15) is 0 Å². The van der Waals surface area contributed by atoms with Crippen molar-refractivity contribution in [3.05, 3.63) is 18.2 Å². The van der Waals surface area contributed by atoms with Crippen molar-refractivity contribution in [3.63, 3.8) is 0 Å². The average molecular weight is 295 g/mol. The SMILES string of the molecule is CC(C)(CNCC1(O)CCOCC1)n1c[c]nc1C(N)=O. The van der Waals surface area contributed by atoms with Gasteiger partial charge in [0.1, 0.15) is 6.20 Å². The molecule has 4 N–H and O–H groups in total. The smallest absolute Gasteiger partial charge is 0.284 e. The van der Waals surface area contributed by atoms with Gasteiger partial charge in [-0.25, -0.2) is 4.98 Å². The highest BCUT2D eigenvalue weighted by Gasteiger charge is 2.31. The summed E-state index contributed by atoms with van der Waals surface area (Å²) in [5.41, 5.74) is 4.18. The summed E-state index contributed by atoms with van der Waals surface area (Å²) in [6, 6.07) is 0. The first kappa shape index (κ1) is 15.9. The number of nitrogens with one attached hydrogen (secondary N) is 1. The molecule has 0 unspecified atom stereocenters. The molecule has 1 saturated heterocycles. The van der Waals surface area contributed by atoms with E-state index < -0.39 is 17.0 Å². The Labute approximate surface area is 124 Å². The molecule has 0 aliphatic carbocycles. The number of amides is 1. The van der Waals surface area contributed by atoms with Crippen LogP contribution >= 0.6 is 0 Å². The zero-order valence-corrected chi connectivity index (χ0v) is 12.6. The van der Waals surface area contributed by atoms with Gasteiger partial charge in [0.05, 0.1) is 11.1 Å². The number of aromatic nitrogens is 2. The van der Waals surface area contributed by atoms with Crippen molar-refractivity contribution in [2.75, 3.05) is 26.3 Å². The number of nitrogens with zero attached hydrogens (tertiary/aromatic N) is 2. The third kappa shape index (κ3) is 3.81. The van der Waals surface area contributed by atoms with Gasteiger partial charge in [0.2, 0.25) is 0 Å². The predicted molar refractivity (Wildman–Crippen MR) is 76.8 cm³/mol. The monoisotopic (exact) mass is 295 g/mol. The van der Waals surface area contributed by atoms with Crippen molar-refractivity contribution in [1.82, 2.24) is 14.9 Å². The van der Waals surface area contributed by atoms with E-state index in [4.69, 9.17) is 10.5 Å². The molecule has 0 saturated carbocycles. The number of rotatable bonds is 6. The van der Waals surface area contributed by atoms with Gasteiger partial charge in [0.15, 0.2) is 5.82 Å². The molecule has 0 spiro atoms. The van der Waals surface area contributed by atoms with Crippen LogP contribution < -0.4 is 11.1 Å². The third-order valence-corrected chi connectivity index (χ3v) is 3.89. The van der Waals surface area contributed by atoms with Crippen LogP contribution in [-0.2, 0) is 10.3 Å². The molecule has 0 atom stereocenters. The minimum Gasteiger partial charge on any atom is -0.388 e. The summed E-state index contributed by atoms with van der Waals surface area (Å²) in [5.74, 6) is -0.390. The van der Waals surface area contributed by atoms with Crippen molar-refractivity contribution in [1.29, 1.82) is 0 Å². The first-order valence-electron chi connectivity index (χ1n) is 7.11. The maximum Gasteiger partial charge on any atom is 0.284 e. The van der Waals surface area contributed by atoms with E-state index in [0.717, 1.165) is 0 Å². The maximum absolute atomic E-state index is 11.3. The zero-order chi connectivity index (χ0) is 15.5. The number of imidazole rings is 1. The molecule has 21 heavy (non-hydrogen) atoms. The molecule has 0 bridgehead atoms. The molecular formula is C14H23N4O3.